The van der Waals surface area contributed by atoms with Crippen molar-refractivity contribution < 1.29 is 9.13 Å². The molecule has 0 aliphatic heterocycles. The fraction of sp³-hybridized carbons (Fsp3) is 0.333. The van der Waals surface area contributed by atoms with Crippen LogP contribution in [0.4, 0.5) is 4.39 Å². The Labute approximate surface area is 65.8 Å². The highest BCUT2D eigenvalue weighted by Gasteiger charge is 1.92. The monoisotopic (exact) mass is 154 g/mol. The van der Waals surface area contributed by atoms with E-state index in [2.05, 4.69) is 0 Å². The van der Waals surface area contributed by atoms with Crippen LogP contribution in [0.15, 0.2) is 24.3 Å². The highest BCUT2D eigenvalue weighted by atomic mass is 19.1. The number of halogens is 1. The predicted molar refractivity (Wildman–Crippen MR) is 42.4 cm³/mol. The van der Waals surface area contributed by atoms with E-state index in [1.54, 1.807) is 24.3 Å². The minimum absolute atomic E-state index is 0.410. The Morgan fingerprint density at radius 3 is 2.36 bits per heavy atom. The van der Waals surface area contributed by atoms with E-state index >= 15 is 0 Å². The normalized spacial score (nSPS) is 9.64. The topological polar surface area (TPSA) is 9.23 Å². The van der Waals surface area contributed by atoms with E-state index in [0.29, 0.717) is 12.2 Å². The first-order valence-electron chi connectivity index (χ1n) is 3.64. The summed E-state index contributed by atoms with van der Waals surface area (Å²) in [6.07, 6.45) is 0. The molecule has 0 saturated carbocycles. The summed E-state index contributed by atoms with van der Waals surface area (Å²) in [6.45, 7) is 2.16. The van der Waals surface area contributed by atoms with E-state index in [4.69, 9.17) is 4.74 Å². The second kappa shape index (κ2) is 3.96. The maximum atomic E-state index is 12.0. The average molecular weight is 154 g/mol. The third-order valence-electron chi connectivity index (χ3n) is 1.39. The molecule has 1 nitrogen and oxygen atoms in total. The van der Waals surface area contributed by atoms with Gasteiger partial charge in [-0.05, 0) is 24.6 Å². The van der Waals surface area contributed by atoms with Gasteiger partial charge in [0.1, 0.15) is 12.4 Å². The highest BCUT2D eigenvalue weighted by molar-refractivity contribution is 5.26. The van der Waals surface area contributed by atoms with Crippen LogP contribution in [0.2, 0.25) is 0 Å². The van der Waals surface area contributed by atoms with Crippen LogP contribution in [0.1, 0.15) is 12.5 Å². The Hall–Kier alpha value is -1.05. The van der Waals surface area contributed by atoms with Crippen molar-refractivity contribution in [1.82, 2.24) is 0 Å². The lowest BCUT2D eigenvalue weighted by atomic mass is 10.2. The fourth-order valence-corrected chi connectivity index (χ4v) is 0.841. The third-order valence-corrected chi connectivity index (χ3v) is 1.39. The van der Waals surface area contributed by atoms with Gasteiger partial charge in [-0.3, -0.25) is 0 Å². The van der Waals surface area contributed by atoms with E-state index in [-0.39, 0.29) is 0 Å². The molecule has 0 fully saturated rings. The van der Waals surface area contributed by atoms with Crippen LogP contribution in [0.25, 0.3) is 0 Å². The second-order valence-electron chi connectivity index (χ2n) is 2.21. The molecule has 60 valence electrons. The molecule has 0 N–H and O–H groups in total. The quantitative estimate of drug-likeness (QED) is 0.650. The molecule has 0 heterocycles. The summed E-state index contributed by atoms with van der Waals surface area (Å²) in [5, 5.41) is 0. The second-order valence-corrected chi connectivity index (χ2v) is 2.21. The van der Waals surface area contributed by atoms with Crippen molar-refractivity contribution in [2.24, 2.45) is 0 Å². The van der Waals surface area contributed by atoms with Crippen molar-refractivity contribution in [3.8, 4) is 5.75 Å². The van der Waals surface area contributed by atoms with E-state index in [1.807, 2.05) is 6.92 Å². The molecule has 0 bridgehead atoms. The zero-order chi connectivity index (χ0) is 8.10. The molecule has 0 radical (unpaired) electrons. The molecule has 2 heteroatoms. The number of alkyl halides is 1. The first kappa shape index (κ1) is 8.05. The lowest BCUT2D eigenvalue weighted by Crippen LogP contribution is -1.90. The minimum atomic E-state index is -0.410. The van der Waals surface area contributed by atoms with Gasteiger partial charge in [0.15, 0.2) is 0 Å². The Bertz CT molecular complexity index is 205. The van der Waals surface area contributed by atoms with E-state index < -0.39 is 6.67 Å². The molecular weight excluding hydrogens is 143 g/mol. The van der Waals surface area contributed by atoms with Crippen molar-refractivity contribution >= 4 is 0 Å². The van der Waals surface area contributed by atoms with Crippen LogP contribution < -0.4 is 4.74 Å². The van der Waals surface area contributed by atoms with Gasteiger partial charge in [0.05, 0.1) is 6.61 Å². The summed E-state index contributed by atoms with van der Waals surface area (Å²) in [7, 11) is 0. The van der Waals surface area contributed by atoms with Gasteiger partial charge >= 0.3 is 0 Å². The van der Waals surface area contributed by atoms with Gasteiger partial charge in [-0.25, -0.2) is 4.39 Å². The van der Waals surface area contributed by atoms with Crippen molar-refractivity contribution in [2.45, 2.75) is 13.6 Å². The highest BCUT2D eigenvalue weighted by Crippen LogP contribution is 2.12. The van der Waals surface area contributed by atoms with Crippen LogP contribution in [0.3, 0.4) is 0 Å². The number of benzene rings is 1. The summed E-state index contributed by atoms with van der Waals surface area (Å²) in [5.74, 6) is 0.796. The van der Waals surface area contributed by atoms with E-state index in [1.165, 1.54) is 0 Å². The Morgan fingerprint density at radius 2 is 1.91 bits per heavy atom. The predicted octanol–water partition coefficient (Wildman–Crippen LogP) is 2.55. The van der Waals surface area contributed by atoms with Crippen molar-refractivity contribution in [3.63, 3.8) is 0 Å². The average Bonchev–Trinajstić information content (AvgIpc) is 2.07. The summed E-state index contributed by atoms with van der Waals surface area (Å²) < 4.78 is 17.2. The molecule has 0 spiro atoms. The number of hydrogen-bond donors (Lipinski definition) is 0. The first-order chi connectivity index (χ1) is 5.36. The Morgan fingerprint density at radius 1 is 1.27 bits per heavy atom. The van der Waals surface area contributed by atoms with Gasteiger partial charge in [-0.2, -0.15) is 0 Å². The van der Waals surface area contributed by atoms with Crippen LogP contribution >= 0.6 is 0 Å². The summed E-state index contributed by atoms with van der Waals surface area (Å²) in [6, 6.07) is 7.01. The molecule has 0 aliphatic rings. The van der Waals surface area contributed by atoms with Crippen LogP contribution in [0.5, 0.6) is 5.75 Å². The summed E-state index contributed by atoms with van der Waals surface area (Å²) in [4.78, 5) is 0. The zero-order valence-electron chi connectivity index (χ0n) is 6.51. The lowest BCUT2D eigenvalue weighted by Gasteiger charge is -2.01. The smallest absolute Gasteiger partial charge is 0.119 e. The van der Waals surface area contributed by atoms with Gasteiger partial charge in [0.2, 0.25) is 0 Å². The van der Waals surface area contributed by atoms with Crippen LogP contribution in [-0.2, 0) is 6.67 Å². The number of ether oxygens (including phenoxy) is 1. The maximum absolute atomic E-state index is 12.0. The standard InChI is InChI=1S/C9H11FO/c1-2-11-9-5-3-8(7-10)4-6-9/h3-6H,2,7H2,1H3. The molecule has 0 atom stereocenters. The van der Waals surface area contributed by atoms with Gasteiger partial charge in [-0.1, -0.05) is 12.1 Å². The third kappa shape index (κ3) is 2.22. The van der Waals surface area contributed by atoms with Crippen molar-refractivity contribution in [2.75, 3.05) is 6.61 Å². The number of rotatable bonds is 3. The summed E-state index contributed by atoms with van der Waals surface area (Å²) in [5.41, 5.74) is 0.688. The Balaban J connectivity index is 2.66. The largest absolute Gasteiger partial charge is 0.494 e. The van der Waals surface area contributed by atoms with E-state index in [0.717, 1.165) is 5.75 Å². The number of hydrogen-bond acceptors (Lipinski definition) is 1. The molecule has 1 aromatic rings. The lowest BCUT2D eigenvalue weighted by molar-refractivity contribution is 0.340. The molecular formula is C9H11FO. The van der Waals surface area contributed by atoms with Crippen LogP contribution in [0, 0.1) is 0 Å². The SMILES string of the molecule is CCOc1ccc(CF)cc1. The minimum Gasteiger partial charge on any atom is -0.494 e. The molecule has 0 aromatic heterocycles. The van der Waals surface area contributed by atoms with Crippen molar-refractivity contribution in [3.05, 3.63) is 29.8 Å². The van der Waals surface area contributed by atoms with E-state index in [9.17, 15) is 4.39 Å². The molecule has 0 unspecified atom stereocenters. The molecule has 1 aromatic carbocycles. The Kier molecular flexibility index (Phi) is 2.90. The summed E-state index contributed by atoms with van der Waals surface area (Å²) >= 11 is 0. The molecule has 1 rings (SSSR count). The molecule has 0 saturated heterocycles. The van der Waals surface area contributed by atoms with Gasteiger partial charge in [-0.15, -0.1) is 0 Å². The molecule has 0 amide bonds. The molecule has 11 heavy (non-hydrogen) atoms. The maximum Gasteiger partial charge on any atom is 0.119 e. The first-order valence-corrected chi connectivity index (χ1v) is 3.64. The van der Waals surface area contributed by atoms with Gasteiger partial charge in [0.25, 0.3) is 0 Å². The van der Waals surface area contributed by atoms with Gasteiger partial charge in [0, 0.05) is 0 Å². The zero-order valence-corrected chi connectivity index (χ0v) is 6.51. The van der Waals surface area contributed by atoms with Gasteiger partial charge < -0.3 is 4.74 Å². The van der Waals surface area contributed by atoms with Crippen LogP contribution in [-0.4, -0.2) is 6.61 Å². The fourth-order valence-electron chi connectivity index (χ4n) is 0.841. The van der Waals surface area contributed by atoms with Crippen molar-refractivity contribution in [1.29, 1.82) is 0 Å². The molecule has 0 aliphatic carbocycles.